The summed E-state index contributed by atoms with van der Waals surface area (Å²) in [6, 6.07) is 22.0. The zero-order valence-corrected chi connectivity index (χ0v) is 19.2. The topological polar surface area (TPSA) is 81.1 Å². The summed E-state index contributed by atoms with van der Waals surface area (Å²) in [5, 5.41) is 3.73. The molecule has 4 aromatic rings. The smallest absolute Gasteiger partial charge is 0.262 e. The average Bonchev–Trinajstić information content (AvgIpc) is 2.81. The highest BCUT2D eigenvalue weighted by atomic mass is 32.2. The second-order valence-corrected chi connectivity index (χ2v) is 8.70. The van der Waals surface area contributed by atoms with Gasteiger partial charge in [0.2, 0.25) is 5.91 Å². The van der Waals surface area contributed by atoms with Crippen molar-refractivity contribution in [3.63, 3.8) is 0 Å². The number of anilines is 1. The molecular weight excluding hydrogens is 434 g/mol. The van der Waals surface area contributed by atoms with E-state index in [4.69, 9.17) is 0 Å². The first kappa shape index (κ1) is 22.5. The highest BCUT2D eigenvalue weighted by molar-refractivity contribution is 7.99. The minimum Gasteiger partial charge on any atom is -0.326 e. The molecule has 0 spiro atoms. The van der Waals surface area contributed by atoms with E-state index in [-0.39, 0.29) is 23.0 Å². The van der Waals surface area contributed by atoms with E-state index < -0.39 is 0 Å². The second-order valence-electron chi connectivity index (χ2n) is 7.76. The molecule has 0 unspecified atom stereocenters. The van der Waals surface area contributed by atoms with Gasteiger partial charge in [-0.3, -0.25) is 19.0 Å². The van der Waals surface area contributed by atoms with Gasteiger partial charge in [-0.1, -0.05) is 53.7 Å². The monoisotopic (exact) mass is 457 g/mol. The van der Waals surface area contributed by atoms with Crippen molar-refractivity contribution in [2.75, 3.05) is 11.1 Å². The molecule has 0 saturated heterocycles. The molecule has 4 rings (SSSR count). The van der Waals surface area contributed by atoms with Gasteiger partial charge in [-0.2, -0.15) is 0 Å². The fourth-order valence-corrected chi connectivity index (χ4v) is 4.32. The lowest BCUT2D eigenvalue weighted by molar-refractivity contribution is -0.114. The van der Waals surface area contributed by atoms with E-state index >= 15 is 0 Å². The van der Waals surface area contributed by atoms with Crippen LogP contribution in [-0.4, -0.2) is 27.0 Å². The van der Waals surface area contributed by atoms with Gasteiger partial charge in [0, 0.05) is 18.2 Å². The van der Waals surface area contributed by atoms with Crippen LogP contribution in [-0.2, 0) is 11.3 Å². The zero-order chi connectivity index (χ0) is 23.4. The lowest BCUT2D eigenvalue weighted by Gasteiger charge is -2.13. The number of carbonyl (C=O) groups is 2. The maximum Gasteiger partial charge on any atom is 0.262 e. The number of benzene rings is 3. The van der Waals surface area contributed by atoms with Crippen molar-refractivity contribution in [3.05, 3.63) is 99.8 Å². The number of aryl methyl sites for hydroxylation is 1. The van der Waals surface area contributed by atoms with Crippen LogP contribution >= 0.6 is 11.8 Å². The van der Waals surface area contributed by atoms with Crippen LogP contribution in [0.1, 0.15) is 28.4 Å². The van der Waals surface area contributed by atoms with Crippen LogP contribution in [0.2, 0.25) is 0 Å². The van der Waals surface area contributed by atoms with Crippen LogP contribution in [0.4, 0.5) is 5.69 Å². The number of hydrogen-bond acceptors (Lipinski definition) is 5. The lowest BCUT2D eigenvalue weighted by Crippen LogP contribution is -2.24. The summed E-state index contributed by atoms with van der Waals surface area (Å²) in [7, 11) is 0. The molecule has 0 aliphatic carbocycles. The molecule has 3 aromatic carbocycles. The summed E-state index contributed by atoms with van der Waals surface area (Å²) in [6.07, 6.45) is 0. The lowest BCUT2D eigenvalue weighted by atomic mass is 10.1. The van der Waals surface area contributed by atoms with E-state index in [1.165, 1.54) is 18.7 Å². The normalized spacial score (nSPS) is 10.8. The molecule has 166 valence electrons. The number of fused-ring (bicyclic) bond motifs is 1. The fourth-order valence-electron chi connectivity index (χ4n) is 3.43. The Kier molecular flexibility index (Phi) is 6.70. The first-order valence-electron chi connectivity index (χ1n) is 10.5. The van der Waals surface area contributed by atoms with E-state index in [9.17, 15) is 14.4 Å². The Morgan fingerprint density at radius 1 is 0.970 bits per heavy atom. The van der Waals surface area contributed by atoms with Crippen molar-refractivity contribution >= 4 is 40.0 Å². The van der Waals surface area contributed by atoms with Crippen LogP contribution in [0.15, 0.2) is 82.7 Å². The Labute approximate surface area is 195 Å². The van der Waals surface area contributed by atoms with Crippen LogP contribution in [0.5, 0.6) is 0 Å². The molecule has 1 aromatic heterocycles. The number of ketones is 1. The van der Waals surface area contributed by atoms with Gasteiger partial charge < -0.3 is 5.32 Å². The molecule has 0 fully saturated rings. The molecule has 1 heterocycles. The summed E-state index contributed by atoms with van der Waals surface area (Å²) < 4.78 is 1.63. The maximum absolute atomic E-state index is 13.3. The van der Waals surface area contributed by atoms with Crippen LogP contribution in [0, 0.1) is 6.92 Å². The molecule has 1 amide bonds. The van der Waals surface area contributed by atoms with Crippen molar-refractivity contribution < 1.29 is 9.59 Å². The molecule has 6 nitrogen and oxygen atoms in total. The molecule has 0 aliphatic rings. The third kappa shape index (κ3) is 5.38. The fraction of sp³-hybridized carbons (Fsp3) is 0.154. The number of carbonyl (C=O) groups excluding carboxylic acids is 2. The van der Waals surface area contributed by atoms with Gasteiger partial charge in [0.1, 0.15) is 0 Å². The highest BCUT2D eigenvalue weighted by Crippen LogP contribution is 2.21. The van der Waals surface area contributed by atoms with E-state index in [1.807, 2.05) is 43.3 Å². The molecule has 1 N–H and O–H groups in total. The summed E-state index contributed by atoms with van der Waals surface area (Å²) in [5.74, 6) is -0.116. The van der Waals surface area contributed by atoms with Gasteiger partial charge in [0.25, 0.3) is 5.56 Å². The van der Waals surface area contributed by atoms with Crippen molar-refractivity contribution in [3.8, 4) is 0 Å². The predicted octanol–water partition coefficient (Wildman–Crippen LogP) is 4.69. The van der Waals surface area contributed by atoms with E-state index in [1.54, 1.807) is 41.0 Å². The van der Waals surface area contributed by atoms with Gasteiger partial charge in [-0.15, -0.1) is 0 Å². The number of rotatable bonds is 7. The van der Waals surface area contributed by atoms with Crippen molar-refractivity contribution in [1.82, 2.24) is 9.55 Å². The Hall–Kier alpha value is -3.71. The third-order valence-corrected chi connectivity index (χ3v) is 6.12. The molecule has 33 heavy (non-hydrogen) atoms. The van der Waals surface area contributed by atoms with Gasteiger partial charge in [0.05, 0.1) is 23.2 Å². The third-order valence-electron chi connectivity index (χ3n) is 5.15. The van der Waals surface area contributed by atoms with Crippen molar-refractivity contribution in [2.24, 2.45) is 0 Å². The first-order valence-corrected chi connectivity index (χ1v) is 11.5. The Morgan fingerprint density at radius 2 is 1.67 bits per heavy atom. The minimum absolute atomic E-state index is 0.0846. The number of Topliss-reactive ketones (excluding diaryl/α,β-unsaturated/α-hetero) is 1. The minimum atomic E-state index is -0.168. The van der Waals surface area contributed by atoms with E-state index in [2.05, 4.69) is 10.3 Å². The molecule has 0 radical (unpaired) electrons. The van der Waals surface area contributed by atoms with E-state index in [0.29, 0.717) is 33.9 Å². The molecule has 7 heteroatoms. The van der Waals surface area contributed by atoms with Crippen LogP contribution < -0.4 is 10.9 Å². The molecule has 0 bridgehead atoms. The summed E-state index contributed by atoms with van der Waals surface area (Å²) in [6.45, 7) is 3.82. The number of para-hydroxylation sites is 1. The SMILES string of the molecule is CC(=O)Nc1ccc(C(=O)CSc2nc3ccccc3c(=O)n2Cc2ccc(C)cc2)cc1. The van der Waals surface area contributed by atoms with E-state index in [0.717, 1.165) is 11.1 Å². The van der Waals surface area contributed by atoms with Gasteiger partial charge in [-0.25, -0.2) is 4.98 Å². The summed E-state index contributed by atoms with van der Waals surface area (Å²) in [4.78, 5) is 41.9. The summed E-state index contributed by atoms with van der Waals surface area (Å²) >= 11 is 1.25. The average molecular weight is 458 g/mol. The quantitative estimate of drug-likeness (QED) is 0.247. The first-order chi connectivity index (χ1) is 15.9. The maximum atomic E-state index is 13.3. The van der Waals surface area contributed by atoms with Gasteiger partial charge in [0.15, 0.2) is 10.9 Å². The number of thioether (sulfide) groups is 1. The highest BCUT2D eigenvalue weighted by Gasteiger charge is 2.15. The molecule has 0 saturated carbocycles. The van der Waals surface area contributed by atoms with Crippen molar-refractivity contribution in [1.29, 1.82) is 0 Å². The summed E-state index contributed by atoms with van der Waals surface area (Å²) in [5.41, 5.74) is 3.78. The number of nitrogens with one attached hydrogen (secondary N) is 1. The molecule has 0 atom stereocenters. The predicted molar refractivity (Wildman–Crippen MR) is 132 cm³/mol. The van der Waals surface area contributed by atoms with Gasteiger partial charge >= 0.3 is 0 Å². The van der Waals surface area contributed by atoms with Crippen LogP contribution in [0.3, 0.4) is 0 Å². The number of hydrogen-bond donors (Lipinski definition) is 1. The Morgan fingerprint density at radius 3 is 2.36 bits per heavy atom. The largest absolute Gasteiger partial charge is 0.326 e. The Bertz CT molecular complexity index is 1380. The van der Waals surface area contributed by atoms with Crippen molar-refractivity contribution in [2.45, 2.75) is 25.5 Å². The van der Waals surface area contributed by atoms with Crippen LogP contribution in [0.25, 0.3) is 10.9 Å². The van der Waals surface area contributed by atoms with Gasteiger partial charge in [-0.05, 0) is 48.9 Å². The number of aromatic nitrogens is 2. The number of amides is 1. The second kappa shape index (κ2) is 9.83. The molecule has 0 aliphatic heterocycles. The molecular formula is C26H23N3O3S. The number of nitrogens with zero attached hydrogens (tertiary/aromatic N) is 2. The zero-order valence-electron chi connectivity index (χ0n) is 18.4. The standard InChI is InChI=1S/C26H23N3O3S/c1-17-7-9-19(10-8-17)15-29-25(32)22-5-3-4-6-23(22)28-26(29)33-16-24(31)20-11-13-21(14-12-20)27-18(2)30/h3-14H,15-16H2,1-2H3,(H,27,30). The Balaban J connectivity index is 1.60.